The molecule has 1 N–H and O–H groups in total. The van der Waals surface area contributed by atoms with Gasteiger partial charge < -0.3 is 9.63 Å². The summed E-state index contributed by atoms with van der Waals surface area (Å²) < 4.78 is 4.97. The summed E-state index contributed by atoms with van der Waals surface area (Å²) in [4.78, 5) is 6.05. The lowest BCUT2D eigenvalue weighted by atomic mass is 10.4. The van der Waals surface area contributed by atoms with Gasteiger partial charge in [-0.2, -0.15) is 4.98 Å². The minimum absolute atomic E-state index is 0.112. The normalized spacial score (nSPS) is 10.8. The van der Waals surface area contributed by atoms with Gasteiger partial charge in [0.1, 0.15) is 0 Å². The van der Waals surface area contributed by atoms with Crippen LogP contribution in [0.4, 0.5) is 0 Å². The topological polar surface area (TPSA) is 62.4 Å². The Balaban J connectivity index is 2.49. The Labute approximate surface area is 83.0 Å². The van der Waals surface area contributed by atoms with Gasteiger partial charge in [-0.1, -0.05) is 11.2 Å². The largest absolute Gasteiger partial charge is 0.395 e. The predicted molar refractivity (Wildman–Crippen MR) is 51.6 cm³/mol. The summed E-state index contributed by atoms with van der Waals surface area (Å²) in [7, 11) is 0. The molecule has 0 aliphatic carbocycles. The molecule has 0 bridgehead atoms. The fraction of sp³-hybridized carbons (Fsp3) is 0.556. The van der Waals surface area contributed by atoms with Gasteiger partial charge in [0, 0.05) is 13.1 Å². The maximum atomic E-state index is 8.80. The Morgan fingerprint density at radius 1 is 1.64 bits per heavy atom. The molecule has 1 aromatic rings. The second-order valence-corrected chi connectivity index (χ2v) is 2.98. The van der Waals surface area contributed by atoms with Gasteiger partial charge in [0.15, 0.2) is 5.82 Å². The van der Waals surface area contributed by atoms with Gasteiger partial charge >= 0.3 is 0 Å². The van der Waals surface area contributed by atoms with Gasteiger partial charge in [-0.3, -0.25) is 4.90 Å². The van der Waals surface area contributed by atoms with Gasteiger partial charge in [0.25, 0.3) is 0 Å². The summed E-state index contributed by atoms with van der Waals surface area (Å²) in [5.74, 6) is 1.19. The van der Waals surface area contributed by atoms with Crippen molar-refractivity contribution in [1.82, 2.24) is 15.0 Å². The Morgan fingerprint density at radius 3 is 2.93 bits per heavy atom. The summed E-state index contributed by atoms with van der Waals surface area (Å²) in [6, 6.07) is 0. The Hall–Kier alpha value is -1.20. The van der Waals surface area contributed by atoms with Crippen molar-refractivity contribution >= 4 is 0 Å². The van der Waals surface area contributed by atoms with E-state index in [0.717, 1.165) is 0 Å². The van der Waals surface area contributed by atoms with E-state index in [1.165, 1.54) is 0 Å². The lowest BCUT2D eigenvalue weighted by molar-refractivity contribution is 0.186. The molecule has 0 amide bonds. The van der Waals surface area contributed by atoms with Crippen LogP contribution in [0.15, 0.2) is 17.2 Å². The van der Waals surface area contributed by atoms with E-state index in [1.807, 2.05) is 4.90 Å². The van der Waals surface area contributed by atoms with E-state index in [1.54, 1.807) is 13.0 Å². The fourth-order valence-corrected chi connectivity index (χ4v) is 1.15. The zero-order chi connectivity index (χ0) is 10.4. The van der Waals surface area contributed by atoms with Crippen molar-refractivity contribution in [2.45, 2.75) is 13.5 Å². The first-order valence-corrected chi connectivity index (χ1v) is 4.49. The standard InChI is InChI=1S/C9H15N3O2/c1-3-4-12(5-6-13)7-9-10-8(2)11-14-9/h3,13H,1,4-7H2,2H3. The monoisotopic (exact) mass is 197 g/mol. The van der Waals surface area contributed by atoms with Crippen LogP contribution in [0.5, 0.6) is 0 Å². The molecular weight excluding hydrogens is 182 g/mol. The Kier molecular flexibility index (Phi) is 4.28. The van der Waals surface area contributed by atoms with E-state index < -0.39 is 0 Å². The lowest BCUT2D eigenvalue weighted by Gasteiger charge is -2.16. The average molecular weight is 197 g/mol. The molecule has 0 aliphatic rings. The molecule has 5 heteroatoms. The molecule has 0 atom stereocenters. The van der Waals surface area contributed by atoms with Gasteiger partial charge in [-0.15, -0.1) is 6.58 Å². The molecule has 14 heavy (non-hydrogen) atoms. The molecule has 0 fully saturated rings. The van der Waals surface area contributed by atoms with E-state index in [4.69, 9.17) is 9.63 Å². The van der Waals surface area contributed by atoms with Gasteiger partial charge in [0.05, 0.1) is 13.2 Å². The van der Waals surface area contributed by atoms with E-state index in [2.05, 4.69) is 16.7 Å². The van der Waals surface area contributed by atoms with Crippen molar-refractivity contribution < 1.29 is 9.63 Å². The zero-order valence-electron chi connectivity index (χ0n) is 8.31. The van der Waals surface area contributed by atoms with Crippen LogP contribution in [0, 0.1) is 6.92 Å². The molecule has 1 heterocycles. The molecule has 0 aliphatic heterocycles. The molecule has 0 radical (unpaired) electrons. The number of nitrogens with zero attached hydrogens (tertiary/aromatic N) is 3. The van der Waals surface area contributed by atoms with Crippen molar-refractivity contribution in [3.8, 4) is 0 Å². The number of aryl methyl sites for hydroxylation is 1. The average Bonchev–Trinajstić information content (AvgIpc) is 2.52. The first-order valence-electron chi connectivity index (χ1n) is 4.49. The SMILES string of the molecule is C=CCN(CCO)Cc1nc(C)no1. The Bertz CT molecular complexity index is 285. The van der Waals surface area contributed by atoms with Crippen molar-refractivity contribution in [3.63, 3.8) is 0 Å². The summed E-state index contributed by atoms with van der Waals surface area (Å²) in [6.45, 7) is 7.35. The summed E-state index contributed by atoms with van der Waals surface area (Å²) in [6.07, 6.45) is 1.78. The van der Waals surface area contributed by atoms with E-state index in [9.17, 15) is 0 Å². The van der Waals surface area contributed by atoms with Crippen LogP contribution in [-0.2, 0) is 6.54 Å². The highest BCUT2D eigenvalue weighted by molar-refractivity contribution is 4.84. The van der Waals surface area contributed by atoms with Gasteiger partial charge in [0.2, 0.25) is 5.89 Å². The van der Waals surface area contributed by atoms with Crippen LogP contribution in [-0.4, -0.2) is 39.8 Å². The summed E-state index contributed by atoms with van der Waals surface area (Å²) in [5.41, 5.74) is 0. The van der Waals surface area contributed by atoms with Crippen LogP contribution in [0.2, 0.25) is 0 Å². The lowest BCUT2D eigenvalue weighted by Crippen LogP contribution is -2.26. The summed E-state index contributed by atoms with van der Waals surface area (Å²) >= 11 is 0. The molecular formula is C9H15N3O2. The zero-order valence-corrected chi connectivity index (χ0v) is 8.31. The Morgan fingerprint density at radius 2 is 2.43 bits per heavy atom. The minimum Gasteiger partial charge on any atom is -0.395 e. The third kappa shape index (κ3) is 3.27. The number of rotatable bonds is 6. The highest BCUT2D eigenvalue weighted by Crippen LogP contribution is 2.01. The quantitative estimate of drug-likeness (QED) is 0.667. The predicted octanol–water partition coefficient (Wildman–Crippen LogP) is 0.358. The first kappa shape index (κ1) is 10.9. The smallest absolute Gasteiger partial charge is 0.240 e. The number of aliphatic hydroxyl groups excluding tert-OH is 1. The summed E-state index contributed by atoms with van der Waals surface area (Å²) in [5, 5.41) is 12.5. The number of hydrogen-bond donors (Lipinski definition) is 1. The second kappa shape index (κ2) is 5.51. The van der Waals surface area contributed by atoms with E-state index in [0.29, 0.717) is 31.3 Å². The maximum Gasteiger partial charge on any atom is 0.240 e. The number of aliphatic hydroxyl groups is 1. The van der Waals surface area contributed by atoms with Crippen LogP contribution in [0.3, 0.4) is 0 Å². The fourth-order valence-electron chi connectivity index (χ4n) is 1.15. The first-order chi connectivity index (χ1) is 6.76. The van der Waals surface area contributed by atoms with Crippen LogP contribution in [0.25, 0.3) is 0 Å². The van der Waals surface area contributed by atoms with Gasteiger partial charge in [-0.25, -0.2) is 0 Å². The molecule has 0 unspecified atom stereocenters. The number of aromatic nitrogens is 2. The molecule has 1 aromatic heterocycles. The molecule has 78 valence electrons. The van der Waals surface area contributed by atoms with Crippen LogP contribution in [0.1, 0.15) is 11.7 Å². The van der Waals surface area contributed by atoms with E-state index >= 15 is 0 Å². The maximum absolute atomic E-state index is 8.80. The minimum atomic E-state index is 0.112. The molecule has 0 spiro atoms. The molecule has 0 saturated carbocycles. The van der Waals surface area contributed by atoms with Crippen LogP contribution < -0.4 is 0 Å². The number of hydrogen-bond acceptors (Lipinski definition) is 5. The second-order valence-electron chi connectivity index (χ2n) is 2.98. The highest BCUT2D eigenvalue weighted by Gasteiger charge is 2.08. The van der Waals surface area contributed by atoms with Crippen molar-refractivity contribution in [3.05, 3.63) is 24.4 Å². The highest BCUT2D eigenvalue weighted by atomic mass is 16.5. The van der Waals surface area contributed by atoms with Crippen molar-refractivity contribution in [1.29, 1.82) is 0 Å². The third-order valence-electron chi connectivity index (χ3n) is 1.73. The van der Waals surface area contributed by atoms with Crippen molar-refractivity contribution in [2.75, 3.05) is 19.7 Å². The third-order valence-corrected chi connectivity index (χ3v) is 1.73. The van der Waals surface area contributed by atoms with Gasteiger partial charge in [-0.05, 0) is 6.92 Å². The van der Waals surface area contributed by atoms with Crippen LogP contribution >= 0.6 is 0 Å². The molecule has 5 nitrogen and oxygen atoms in total. The molecule has 0 aromatic carbocycles. The molecule has 1 rings (SSSR count). The van der Waals surface area contributed by atoms with E-state index in [-0.39, 0.29) is 6.61 Å². The van der Waals surface area contributed by atoms with Crippen molar-refractivity contribution in [2.24, 2.45) is 0 Å². The molecule has 0 saturated heterocycles.